The number of amides is 1. The van der Waals surface area contributed by atoms with Gasteiger partial charge in [0.1, 0.15) is 5.75 Å². The number of carbonyl (C=O) groups is 2. The monoisotopic (exact) mass is 500 g/mol. The van der Waals surface area contributed by atoms with Crippen molar-refractivity contribution in [2.24, 2.45) is 11.3 Å². The predicted octanol–water partition coefficient (Wildman–Crippen LogP) is 4.09. The highest BCUT2D eigenvalue weighted by atomic mass is 16.5. The molecule has 1 fully saturated rings. The van der Waals surface area contributed by atoms with Crippen LogP contribution in [0.2, 0.25) is 0 Å². The molecule has 1 amide bonds. The Morgan fingerprint density at radius 2 is 2.00 bits per heavy atom. The van der Waals surface area contributed by atoms with Crippen molar-refractivity contribution in [3.8, 4) is 5.75 Å². The third-order valence-corrected chi connectivity index (χ3v) is 7.59. The molecule has 36 heavy (non-hydrogen) atoms. The molecule has 0 aliphatic carbocycles. The maximum absolute atomic E-state index is 13.4. The SMILES string of the molecule is CC=CC(C)(C)C[C@H]1[C@H](C(=O)O)[C@@H](c2ccc3c(c2)CCO3)CN1CC(=O)N(CCCC)CCCO. The summed E-state index contributed by atoms with van der Waals surface area (Å²) in [5, 5.41) is 19.8. The summed E-state index contributed by atoms with van der Waals surface area (Å²) in [5.41, 5.74) is 1.94. The summed E-state index contributed by atoms with van der Waals surface area (Å²) in [4.78, 5) is 30.1. The summed E-state index contributed by atoms with van der Waals surface area (Å²) in [7, 11) is 0. The molecule has 2 aliphatic rings. The van der Waals surface area contributed by atoms with Crippen molar-refractivity contribution in [2.45, 2.75) is 71.8 Å². The third kappa shape index (κ3) is 6.88. The normalized spacial score (nSPS) is 22.1. The van der Waals surface area contributed by atoms with Crippen molar-refractivity contribution in [3.05, 3.63) is 41.5 Å². The first-order valence-electron chi connectivity index (χ1n) is 13.5. The van der Waals surface area contributed by atoms with E-state index in [1.807, 2.05) is 30.0 Å². The molecule has 0 unspecified atom stereocenters. The fourth-order valence-electron chi connectivity index (χ4n) is 5.83. The Balaban J connectivity index is 1.91. The zero-order valence-electron chi connectivity index (χ0n) is 22.4. The number of rotatable bonds is 13. The Hall–Kier alpha value is -2.38. The first-order valence-corrected chi connectivity index (χ1v) is 13.5. The lowest BCUT2D eigenvalue weighted by atomic mass is 9.77. The van der Waals surface area contributed by atoms with E-state index in [9.17, 15) is 19.8 Å². The molecule has 7 nitrogen and oxygen atoms in total. The molecule has 7 heteroatoms. The Kier molecular flexibility index (Phi) is 9.97. The predicted molar refractivity (Wildman–Crippen MR) is 141 cm³/mol. The van der Waals surface area contributed by atoms with Gasteiger partial charge in [-0.15, -0.1) is 0 Å². The number of carboxylic acid groups (broad SMARTS) is 1. The largest absolute Gasteiger partial charge is 0.493 e. The van der Waals surface area contributed by atoms with E-state index in [0.717, 1.165) is 36.1 Å². The molecule has 0 aromatic heterocycles. The highest BCUT2D eigenvalue weighted by Gasteiger charge is 2.48. The van der Waals surface area contributed by atoms with Crippen LogP contribution >= 0.6 is 0 Å². The van der Waals surface area contributed by atoms with E-state index in [0.29, 0.717) is 39.1 Å². The van der Waals surface area contributed by atoms with Crippen molar-refractivity contribution in [1.29, 1.82) is 0 Å². The molecule has 3 rings (SSSR count). The number of benzene rings is 1. The number of likely N-dealkylation sites (tertiary alicyclic amines) is 1. The second-order valence-corrected chi connectivity index (χ2v) is 10.9. The van der Waals surface area contributed by atoms with Crippen LogP contribution in [0.25, 0.3) is 0 Å². The molecular formula is C29H44N2O5. The third-order valence-electron chi connectivity index (χ3n) is 7.59. The summed E-state index contributed by atoms with van der Waals surface area (Å²) < 4.78 is 5.67. The van der Waals surface area contributed by atoms with Gasteiger partial charge in [-0.25, -0.2) is 0 Å². The van der Waals surface area contributed by atoms with Crippen molar-refractivity contribution in [3.63, 3.8) is 0 Å². The number of carboxylic acids is 1. The number of allylic oxidation sites excluding steroid dienone is 2. The van der Waals surface area contributed by atoms with Crippen LogP contribution in [0.5, 0.6) is 5.75 Å². The molecule has 2 aliphatic heterocycles. The minimum Gasteiger partial charge on any atom is -0.493 e. The average molecular weight is 501 g/mol. The van der Waals surface area contributed by atoms with Crippen LogP contribution in [0, 0.1) is 11.3 Å². The van der Waals surface area contributed by atoms with Gasteiger partial charge < -0.3 is 19.8 Å². The van der Waals surface area contributed by atoms with Gasteiger partial charge in [-0.1, -0.05) is 51.5 Å². The Morgan fingerprint density at radius 3 is 2.67 bits per heavy atom. The van der Waals surface area contributed by atoms with Gasteiger partial charge in [0, 0.05) is 44.6 Å². The maximum Gasteiger partial charge on any atom is 0.308 e. The minimum absolute atomic E-state index is 0.0119. The van der Waals surface area contributed by atoms with Crippen molar-refractivity contribution in [1.82, 2.24) is 9.80 Å². The molecule has 0 bridgehead atoms. The molecule has 1 aromatic rings. The van der Waals surface area contributed by atoms with Crippen molar-refractivity contribution in [2.75, 3.05) is 39.4 Å². The number of ether oxygens (including phenoxy) is 1. The minimum atomic E-state index is -0.809. The first-order chi connectivity index (χ1) is 17.2. The fourth-order valence-corrected chi connectivity index (χ4v) is 5.83. The van der Waals surface area contributed by atoms with E-state index in [4.69, 9.17) is 4.74 Å². The van der Waals surface area contributed by atoms with E-state index >= 15 is 0 Å². The molecule has 0 spiro atoms. The number of hydrogen-bond acceptors (Lipinski definition) is 5. The zero-order valence-corrected chi connectivity index (χ0v) is 22.4. The zero-order chi connectivity index (χ0) is 26.3. The highest BCUT2D eigenvalue weighted by molar-refractivity contribution is 5.79. The quantitative estimate of drug-likeness (QED) is 0.397. The van der Waals surface area contributed by atoms with Gasteiger partial charge in [-0.05, 0) is 48.8 Å². The van der Waals surface area contributed by atoms with Gasteiger partial charge >= 0.3 is 5.97 Å². The molecule has 0 radical (unpaired) electrons. The van der Waals surface area contributed by atoms with E-state index in [2.05, 4.69) is 37.8 Å². The fraction of sp³-hybridized carbons (Fsp3) is 0.655. The molecule has 0 saturated carbocycles. The molecular weight excluding hydrogens is 456 g/mol. The summed E-state index contributed by atoms with van der Waals surface area (Å²) >= 11 is 0. The summed E-state index contributed by atoms with van der Waals surface area (Å²) in [6.07, 6.45) is 8.07. The summed E-state index contributed by atoms with van der Waals surface area (Å²) in [6.45, 7) is 10.9. The van der Waals surface area contributed by atoms with E-state index < -0.39 is 11.9 Å². The summed E-state index contributed by atoms with van der Waals surface area (Å²) in [5.74, 6) is -0.718. The number of carbonyl (C=O) groups excluding carboxylic acids is 1. The lowest BCUT2D eigenvalue weighted by Gasteiger charge is -2.34. The van der Waals surface area contributed by atoms with Crippen LogP contribution < -0.4 is 4.74 Å². The van der Waals surface area contributed by atoms with Gasteiger partial charge in [0.2, 0.25) is 5.91 Å². The van der Waals surface area contributed by atoms with Crippen LogP contribution in [-0.2, 0) is 16.0 Å². The first kappa shape index (κ1) is 28.2. The molecule has 200 valence electrons. The van der Waals surface area contributed by atoms with E-state index in [-0.39, 0.29) is 36.4 Å². The van der Waals surface area contributed by atoms with Gasteiger partial charge in [0.05, 0.1) is 19.1 Å². The number of aliphatic hydroxyl groups is 1. The number of unbranched alkanes of at least 4 members (excludes halogenated alkanes) is 1. The maximum atomic E-state index is 13.4. The Morgan fingerprint density at radius 1 is 1.25 bits per heavy atom. The highest BCUT2D eigenvalue weighted by Crippen LogP contribution is 2.43. The molecule has 2 heterocycles. The Labute approximate surface area is 216 Å². The van der Waals surface area contributed by atoms with Crippen LogP contribution in [0.4, 0.5) is 0 Å². The molecule has 1 aromatic carbocycles. The van der Waals surface area contributed by atoms with Crippen molar-refractivity contribution < 1.29 is 24.5 Å². The lowest BCUT2D eigenvalue weighted by Crippen LogP contribution is -2.46. The average Bonchev–Trinajstić information content (AvgIpc) is 3.43. The van der Waals surface area contributed by atoms with Crippen LogP contribution in [-0.4, -0.2) is 77.3 Å². The van der Waals surface area contributed by atoms with Crippen LogP contribution in [0.1, 0.15) is 70.4 Å². The Bertz CT molecular complexity index is 920. The smallest absolute Gasteiger partial charge is 0.308 e. The van der Waals surface area contributed by atoms with Gasteiger partial charge in [-0.2, -0.15) is 0 Å². The number of nitrogens with zero attached hydrogens (tertiary/aromatic N) is 2. The van der Waals surface area contributed by atoms with Gasteiger partial charge in [0.15, 0.2) is 0 Å². The topological polar surface area (TPSA) is 90.3 Å². The lowest BCUT2D eigenvalue weighted by molar-refractivity contribution is -0.144. The van der Waals surface area contributed by atoms with E-state index in [1.54, 1.807) is 0 Å². The number of aliphatic hydroxyl groups excluding tert-OH is 1. The number of fused-ring (bicyclic) bond motifs is 1. The number of hydrogen-bond donors (Lipinski definition) is 2. The summed E-state index contributed by atoms with van der Waals surface area (Å²) in [6, 6.07) is 5.80. The van der Waals surface area contributed by atoms with Crippen LogP contribution in [0.3, 0.4) is 0 Å². The standard InChI is InChI=1S/C29H44N2O5/c1-5-7-13-30(14-8-15-32)26(33)20-31-19-23(21-9-10-25-22(17-21)11-16-36-25)27(28(34)35)24(31)18-29(3,4)12-6-2/h6,9-10,12,17,23-24,27,32H,5,7-8,11,13-16,18-20H2,1-4H3,(H,34,35)/t23-,24+,27-/m1/s1. The van der Waals surface area contributed by atoms with Crippen molar-refractivity contribution >= 4 is 11.9 Å². The van der Waals surface area contributed by atoms with Gasteiger partial charge in [0.25, 0.3) is 0 Å². The number of aliphatic carboxylic acids is 1. The molecule has 1 saturated heterocycles. The van der Waals surface area contributed by atoms with Gasteiger partial charge in [-0.3, -0.25) is 14.5 Å². The second kappa shape index (κ2) is 12.7. The second-order valence-electron chi connectivity index (χ2n) is 10.9. The molecule has 2 N–H and O–H groups in total. The van der Waals surface area contributed by atoms with E-state index in [1.165, 1.54) is 0 Å². The molecule has 3 atom stereocenters. The van der Waals surface area contributed by atoms with Crippen LogP contribution in [0.15, 0.2) is 30.4 Å².